The smallest absolute Gasteiger partial charge is 0.188 e. The number of hydrogen-bond acceptors (Lipinski definition) is 5. The van der Waals surface area contributed by atoms with Crippen LogP contribution in [-0.2, 0) is 13.0 Å². The lowest BCUT2D eigenvalue weighted by molar-refractivity contribution is 0.0991. The third kappa shape index (κ3) is 2.59. The number of aryl methyl sites for hydroxylation is 1. The van der Waals surface area contributed by atoms with Crippen molar-refractivity contribution in [2.45, 2.75) is 40.2 Å². The zero-order chi connectivity index (χ0) is 18.4. The molecule has 26 heavy (non-hydrogen) atoms. The highest BCUT2D eigenvalue weighted by molar-refractivity contribution is 7.20. The Labute approximate surface area is 156 Å². The molecule has 1 aliphatic carbocycles. The lowest BCUT2D eigenvalue weighted by Crippen LogP contribution is -2.26. The van der Waals surface area contributed by atoms with Crippen LogP contribution in [0.15, 0.2) is 12.1 Å². The molecule has 0 N–H and O–H groups in total. The number of hydrogen-bond donors (Lipinski definition) is 0. The molecule has 5 nitrogen and oxygen atoms in total. The molecule has 0 bridgehead atoms. The van der Waals surface area contributed by atoms with E-state index in [0.717, 1.165) is 65.0 Å². The summed E-state index contributed by atoms with van der Waals surface area (Å²) in [6.07, 6.45) is 1.35. The molecule has 3 aromatic rings. The second-order valence-corrected chi connectivity index (χ2v) is 7.79. The monoisotopic (exact) mass is 369 g/mol. The van der Waals surface area contributed by atoms with Gasteiger partial charge in [0.05, 0.1) is 5.52 Å². The third-order valence-corrected chi connectivity index (χ3v) is 6.59. The van der Waals surface area contributed by atoms with Crippen molar-refractivity contribution in [2.75, 3.05) is 19.6 Å². The zero-order valence-electron chi connectivity index (χ0n) is 15.5. The summed E-state index contributed by atoms with van der Waals surface area (Å²) in [6, 6.07) is 4.03. The largest absolute Gasteiger partial charge is 0.330 e. The number of nitrogens with zero attached hydrogens (tertiary/aromatic N) is 3. The molecule has 0 aliphatic heterocycles. The quantitative estimate of drug-likeness (QED) is 0.618. The molecule has 0 amide bonds. The van der Waals surface area contributed by atoms with Crippen molar-refractivity contribution in [1.82, 2.24) is 14.5 Å². The third-order valence-electron chi connectivity index (χ3n) is 5.41. The Morgan fingerprint density at radius 3 is 2.73 bits per heavy atom. The average molecular weight is 369 g/mol. The van der Waals surface area contributed by atoms with E-state index < -0.39 is 0 Å². The molecule has 0 saturated carbocycles. The van der Waals surface area contributed by atoms with Crippen molar-refractivity contribution in [3.8, 4) is 0 Å². The van der Waals surface area contributed by atoms with Crippen LogP contribution in [0.25, 0.3) is 21.3 Å². The fourth-order valence-corrected chi connectivity index (χ4v) is 4.95. The molecule has 0 atom stereocenters. The standard InChI is InChI=1S/C20H23N3O2S/c1-4-22(5-2)10-11-23-15-8-6-13-14(7-9-16(13)25)17(15)18-20(23)26-19(21-18)12(3)24/h6,8H,4-5,7,9-11H2,1-3H3. The first-order chi connectivity index (χ1) is 12.5. The van der Waals surface area contributed by atoms with Crippen LogP contribution in [-0.4, -0.2) is 45.7 Å². The highest BCUT2D eigenvalue weighted by Gasteiger charge is 2.27. The molecule has 2 heterocycles. The van der Waals surface area contributed by atoms with Crippen LogP contribution >= 0.6 is 11.3 Å². The maximum absolute atomic E-state index is 12.2. The molecular formula is C20H23N3O2S. The van der Waals surface area contributed by atoms with Crippen LogP contribution in [0.2, 0.25) is 0 Å². The molecule has 0 spiro atoms. The Morgan fingerprint density at radius 2 is 2.04 bits per heavy atom. The van der Waals surface area contributed by atoms with E-state index in [0.29, 0.717) is 11.4 Å². The Morgan fingerprint density at radius 1 is 1.27 bits per heavy atom. The fourth-order valence-electron chi connectivity index (χ4n) is 3.94. The molecule has 1 aromatic carbocycles. The second-order valence-electron chi connectivity index (χ2n) is 6.82. The van der Waals surface area contributed by atoms with Gasteiger partial charge in [0.2, 0.25) is 0 Å². The fraction of sp³-hybridized carbons (Fsp3) is 0.450. The summed E-state index contributed by atoms with van der Waals surface area (Å²) in [5, 5.41) is 1.63. The van der Waals surface area contributed by atoms with Crippen LogP contribution in [0, 0.1) is 0 Å². The van der Waals surface area contributed by atoms with Crippen molar-refractivity contribution in [3.05, 3.63) is 28.3 Å². The van der Waals surface area contributed by atoms with E-state index in [1.165, 1.54) is 11.3 Å². The number of aromatic nitrogens is 2. The molecule has 0 fully saturated rings. The number of carbonyl (C=O) groups excluding carboxylic acids is 2. The van der Waals surface area contributed by atoms with Crippen molar-refractivity contribution in [1.29, 1.82) is 0 Å². The van der Waals surface area contributed by atoms with E-state index in [9.17, 15) is 9.59 Å². The maximum atomic E-state index is 12.2. The van der Waals surface area contributed by atoms with Gasteiger partial charge in [-0.3, -0.25) is 9.59 Å². The summed E-state index contributed by atoms with van der Waals surface area (Å²) in [7, 11) is 0. The number of ketones is 2. The number of likely N-dealkylation sites (N-methyl/N-ethyl adjacent to an activating group) is 1. The molecule has 0 saturated heterocycles. The second kappa shape index (κ2) is 6.59. The predicted molar refractivity (Wildman–Crippen MR) is 106 cm³/mol. The molecule has 0 unspecified atom stereocenters. The average Bonchev–Trinajstić information content (AvgIpc) is 3.29. The van der Waals surface area contributed by atoms with E-state index in [1.54, 1.807) is 6.92 Å². The van der Waals surface area contributed by atoms with Gasteiger partial charge in [-0.15, -0.1) is 0 Å². The number of carbonyl (C=O) groups is 2. The first-order valence-corrected chi connectivity index (χ1v) is 10.1. The first-order valence-electron chi connectivity index (χ1n) is 9.26. The summed E-state index contributed by atoms with van der Waals surface area (Å²) in [5.74, 6) is 0.214. The van der Waals surface area contributed by atoms with Crippen LogP contribution in [0.3, 0.4) is 0 Å². The summed E-state index contributed by atoms with van der Waals surface area (Å²) in [5.41, 5.74) is 3.97. The molecular weight excluding hydrogens is 346 g/mol. The van der Waals surface area contributed by atoms with E-state index in [2.05, 4.69) is 34.4 Å². The first kappa shape index (κ1) is 17.4. The van der Waals surface area contributed by atoms with Gasteiger partial charge in [-0.25, -0.2) is 4.98 Å². The van der Waals surface area contributed by atoms with E-state index in [4.69, 9.17) is 0 Å². The van der Waals surface area contributed by atoms with Crippen LogP contribution in [0.1, 0.15) is 52.9 Å². The van der Waals surface area contributed by atoms with Crippen molar-refractivity contribution >= 4 is 44.2 Å². The molecule has 0 radical (unpaired) electrons. The number of fused-ring (bicyclic) bond motifs is 5. The minimum atomic E-state index is -0.00158. The van der Waals surface area contributed by atoms with Crippen molar-refractivity contribution in [3.63, 3.8) is 0 Å². The van der Waals surface area contributed by atoms with Gasteiger partial charge < -0.3 is 9.47 Å². The normalized spacial score (nSPS) is 14.1. The Bertz CT molecular complexity index is 1030. The summed E-state index contributed by atoms with van der Waals surface area (Å²) >= 11 is 1.47. The van der Waals surface area contributed by atoms with Gasteiger partial charge in [-0.05, 0) is 37.2 Å². The van der Waals surface area contributed by atoms with E-state index in [-0.39, 0.29) is 11.6 Å². The SMILES string of the molecule is CCN(CC)CCn1c2ccc3c(c2c2nc(C(C)=O)sc21)CCC3=O. The minimum absolute atomic E-state index is 0.00158. The Kier molecular flexibility index (Phi) is 4.40. The van der Waals surface area contributed by atoms with Gasteiger partial charge in [0.1, 0.15) is 10.3 Å². The Balaban J connectivity index is 1.93. The van der Waals surface area contributed by atoms with E-state index >= 15 is 0 Å². The number of thiazole rings is 1. The van der Waals surface area contributed by atoms with Crippen LogP contribution in [0.4, 0.5) is 0 Å². The van der Waals surface area contributed by atoms with E-state index in [1.807, 2.05) is 6.07 Å². The van der Waals surface area contributed by atoms with Gasteiger partial charge in [-0.2, -0.15) is 0 Å². The number of benzene rings is 1. The van der Waals surface area contributed by atoms with Gasteiger partial charge in [0.25, 0.3) is 0 Å². The highest BCUT2D eigenvalue weighted by atomic mass is 32.1. The lowest BCUT2D eigenvalue weighted by atomic mass is 10.1. The topological polar surface area (TPSA) is 55.2 Å². The van der Waals surface area contributed by atoms with Crippen LogP contribution < -0.4 is 0 Å². The summed E-state index contributed by atoms with van der Waals surface area (Å²) in [6.45, 7) is 9.75. The molecule has 1 aliphatic rings. The lowest BCUT2D eigenvalue weighted by Gasteiger charge is -2.18. The number of rotatable bonds is 6. The Hall–Kier alpha value is -2.05. The maximum Gasteiger partial charge on any atom is 0.188 e. The van der Waals surface area contributed by atoms with Crippen molar-refractivity contribution in [2.24, 2.45) is 0 Å². The zero-order valence-corrected chi connectivity index (χ0v) is 16.3. The minimum Gasteiger partial charge on any atom is -0.330 e. The van der Waals surface area contributed by atoms with Gasteiger partial charge >= 0.3 is 0 Å². The van der Waals surface area contributed by atoms with Crippen LogP contribution in [0.5, 0.6) is 0 Å². The van der Waals surface area contributed by atoms with Crippen molar-refractivity contribution < 1.29 is 9.59 Å². The molecule has 4 rings (SSSR count). The highest BCUT2D eigenvalue weighted by Crippen LogP contribution is 2.39. The van der Waals surface area contributed by atoms with Gasteiger partial charge in [0, 0.05) is 37.4 Å². The van der Waals surface area contributed by atoms with Gasteiger partial charge in [-0.1, -0.05) is 25.2 Å². The number of Topliss-reactive ketones (excluding diaryl/α,β-unsaturated/α-hetero) is 2. The molecule has 2 aromatic heterocycles. The predicted octanol–water partition coefficient (Wildman–Crippen LogP) is 3.92. The molecule has 6 heteroatoms. The van der Waals surface area contributed by atoms with Gasteiger partial charge in [0.15, 0.2) is 16.6 Å². The molecule has 136 valence electrons. The summed E-state index contributed by atoms with van der Waals surface area (Å²) < 4.78 is 2.29. The summed E-state index contributed by atoms with van der Waals surface area (Å²) in [4.78, 5) is 32.1.